The third-order valence-corrected chi connectivity index (χ3v) is 7.71. The molecule has 0 N–H and O–H groups in total. The van der Waals surface area contributed by atoms with Crippen LogP contribution in [0.2, 0.25) is 0 Å². The van der Waals surface area contributed by atoms with Gasteiger partial charge in [0.1, 0.15) is 5.52 Å². The topological polar surface area (TPSA) is 51.8 Å². The molecular weight excluding hydrogens is 526 g/mol. The molecule has 0 amide bonds. The normalized spacial score (nSPS) is 11.3. The molecule has 6 aromatic carbocycles. The number of para-hydroxylation sites is 1. The van der Waals surface area contributed by atoms with E-state index < -0.39 is 0 Å². The maximum absolute atomic E-state index is 6.13. The summed E-state index contributed by atoms with van der Waals surface area (Å²) in [4.78, 5) is 14.8. The van der Waals surface area contributed by atoms with Crippen LogP contribution in [-0.2, 0) is 0 Å². The summed E-state index contributed by atoms with van der Waals surface area (Å²) in [6.45, 7) is 0. The van der Waals surface area contributed by atoms with Crippen molar-refractivity contribution < 1.29 is 4.42 Å². The van der Waals surface area contributed by atoms with Crippen molar-refractivity contribution in [2.75, 3.05) is 0 Å². The zero-order chi connectivity index (χ0) is 28.6. The summed E-state index contributed by atoms with van der Waals surface area (Å²) < 4.78 is 6.13. The molecule has 0 atom stereocenters. The monoisotopic (exact) mass is 551 g/mol. The van der Waals surface area contributed by atoms with E-state index in [9.17, 15) is 0 Å². The Balaban J connectivity index is 1.20. The summed E-state index contributed by atoms with van der Waals surface area (Å²) in [5.74, 6) is 1.34. The van der Waals surface area contributed by atoms with E-state index in [0.717, 1.165) is 66.6 Å². The van der Waals surface area contributed by atoms with Crippen LogP contribution in [0.5, 0.6) is 0 Å². The van der Waals surface area contributed by atoms with E-state index in [0.29, 0.717) is 11.7 Å². The van der Waals surface area contributed by atoms with Gasteiger partial charge >= 0.3 is 0 Å². The Hall–Kier alpha value is -5.87. The number of benzene rings is 6. The molecule has 4 nitrogen and oxygen atoms in total. The first-order chi connectivity index (χ1) is 21.3. The highest BCUT2D eigenvalue weighted by Crippen LogP contribution is 2.35. The quantitative estimate of drug-likeness (QED) is 0.214. The number of hydrogen-bond acceptors (Lipinski definition) is 4. The lowest BCUT2D eigenvalue weighted by Crippen LogP contribution is -1.95. The van der Waals surface area contributed by atoms with Crippen LogP contribution in [0.3, 0.4) is 0 Å². The molecule has 8 aromatic rings. The van der Waals surface area contributed by atoms with Crippen LogP contribution in [0, 0.1) is 0 Å². The van der Waals surface area contributed by atoms with Crippen molar-refractivity contribution in [2.24, 2.45) is 0 Å². The Bertz CT molecular complexity index is 2170. The highest BCUT2D eigenvalue weighted by Gasteiger charge is 2.14. The Labute approximate surface area is 249 Å². The first-order valence-corrected chi connectivity index (χ1v) is 14.3. The van der Waals surface area contributed by atoms with Crippen molar-refractivity contribution in [1.29, 1.82) is 0 Å². The smallest absolute Gasteiger partial charge is 0.227 e. The van der Waals surface area contributed by atoms with E-state index in [2.05, 4.69) is 60.7 Å². The van der Waals surface area contributed by atoms with Gasteiger partial charge in [0, 0.05) is 27.8 Å². The minimum atomic E-state index is 0.628. The number of hydrogen-bond donors (Lipinski definition) is 0. The largest absolute Gasteiger partial charge is 0.436 e. The maximum Gasteiger partial charge on any atom is 0.227 e. The average Bonchev–Trinajstić information content (AvgIpc) is 3.54. The molecule has 0 saturated heterocycles. The first-order valence-electron chi connectivity index (χ1n) is 14.3. The molecule has 0 fully saturated rings. The second-order valence-electron chi connectivity index (χ2n) is 10.5. The Morgan fingerprint density at radius 1 is 0.395 bits per heavy atom. The van der Waals surface area contributed by atoms with Crippen molar-refractivity contribution in [3.05, 3.63) is 152 Å². The number of nitrogens with zero attached hydrogens (tertiary/aromatic N) is 3. The summed E-state index contributed by atoms with van der Waals surface area (Å²) in [5.41, 5.74) is 9.63. The average molecular weight is 552 g/mol. The highest BCUT2D eigenvalue weighted by atomic mass is 16.3. The minimum Gasteiger partial charge on any atom is -0.436 e. The van der Waals surface area contributed by atoms with Gasteiger partial charge in [0.2, 0.25) is 5.89 Å². The molecule has 0 radical (unpaired) electrons. The SMILES string of the molecule is c1ccc(-c2cc(-c3ccc4cc(-c5cccc6oc(-c7ccccc7)nc56)ccc4c3)nc(-c3ccccc3)n2)cc1. The van der Waals surface area contributed by atoms with Crippen LogP contribution >= 0.6 is 0 Å². The van der Waals surface area contributed by atoms with Crippen LogP contribution in [-0.4, -0.2) is 15.0 Å². The number of fused-ring (bicyclic) bond motifs is 2. The van der Waals surface area contributed by atoms with Gasteiger partial charge in [0.25, 0.3) is 0 Å². The van der Waals surface area contributed by atoms with Crippen LogP contribution < -0.4 is 0 Å². The van der Waals surface area contributed by atoms with Gasteiger partial charge in [-0.2, -0.15) is 0 Å². The second-order valence-corrected chi connectivity index (χ2v) is 10.5. The van der Waals surface area contributed by atoms with Crippen LogP contribution in [0.15, 0.2) is 156 Å². The molecule has 0 bridgehead atoms. The van der Waals surface area contributed by atoms with E-state index in [-0.39, 0.29) is 0 Å². The van der Waals surface area contributed by atoms with Crippen molar-refractivity contribution in [3.63, 3.8) is 0 Å². The molecular formula is C39H25N3O. The summed E-state index contributed by atoms with van der Waals surface area (Å²) in [5, 5.41) is 2.28. The third-order valence-electron chi connectivity index (χ3n) is 7.71. The lowest BCUT2D eigenvalue weighted by molar-refractivity contribution is 0.620. The van der Waals surface area contributed by atoms with E-state index >= 15 is 0 Å². The molecule has 2 aromatic heterocycles. The lowest BCUT2D eigenvalue weighted by Gasteiger charge is -2.11. The molecule has 43 heavy (non-hydrogen) atoms. The summed E-state index contributed by atoms with van der Waals surface area (Å²) in [6, 6.07) is 51.6. The van der Waals surface area contributed by atoms with Gasteiger partial charge in [-0.15, -0.1) is 0 Å². The highest BCUT2D eigenvalue weighted by molar-refractivity contribution is 5.97. The van der Waals surface area contributed by atoms with Crippen LogP contribution in [0.4, 0.5) is 0 Å². The van der Waals surface area contributed by atoms with Crippen molar-refractivity contribution in [3.8, 4) is 56.5 Å². The molecule has 4 heteroatoms. The van der Waals surface area contributed by atoms with Gasteiger partial charge in [-0.3, -0.25) is 0 Å². The fraction of sp³-hybridized carbons (Fsp3) is 0. The first kappa shape index (κ1) is 24.9. The Morgan fingerprint density at radius 3 is 1.67 bits per heavy atom. The van der Waals surface area contributed by atoms with Gasteiger partial charge in [-0.25, -0.2) is 15.0 Å². The second kappa shape index (κ2) is 10.5. The van der Waals surface area contributed by atoms with Gasteiger partial charge in [-0.05, 0) is 52.7 Å². The summed E-state index contributed by atoms with van der Waals surface area (Å²) >= 11 is 0. The van der Waals surface area contributed by atoms with E-state index in [4.69, 9.17) is 19.4 Å². The Morgan fingerprint density at radius 2 is 0.977 bits per heavy atom. The number of rotatable bonds is 5. The number of oxazole rings is 1. The molecule has 0 aliphatic carbocycles. The molecule has 2 heterocycles. The molecule has 0 aliphatic heterocycles. The molecule has 202 valence electrons. The molecule has 0 spiro atoms. The van der Waals surface area contributed by atoms with Crippen LogP contribution in [0.25, 0.3) is 78.4 Å². The fourth-order valence-electron chi connectivity index (χ4n) is 5.53. The fourth-order valence-corrected chi connectivity index (χ4v) is 5.53. The van der Waals surface area contributed by atoms with Gasteiger partial charge in [0.05, 0.1) is 11.4 Å². The predicted molar refractivity (Wildman–Crippen MR) is 174 cm³/mol. The molecule has 8 rings (SSSR count). The number of aromatic nitrogens is 3. The maximum atomic E-state index is 6.13. The zero-order valence-corrected chi connectivity index (χ0v) is 23.2. The van der Waals surface area contributed by atoms with Gasteiger partial charge < -0.3 is 4.42 Å². The van der Waals surface area contributed by atoms with E-state index in [1.165, 1.54) is 0 Å². The van der Waals surface area contributed by atoms with Crippen molar-refractivity contribution in [1.82, 2.24) is 15.0 Å². The van der Waals surface area contributed by atoms with E-state index in [1.807, 2.05) is 91.0 Å². The standard InChI is InChI=1S/C39H25N3O/c1-4-11-26(12-5-1)34-25-35(41-38(40-34)27-13-6-2-7-14-27)32-22-20-29-23-31(21-19-30(29)24-32)33-17-10-18-36-37(33)42-39(43-36)28-15-8-3-9-16-28/h1-25H. The van der Waals surface area contributed by atoms with Gasteiger partial charge in [-0.1, -0.05) is 115 Å². The zero-order valence-electron chi connectivity index (χ0n) is 23.2. The Kier molecular flexibility index (Phi) is 6.08. The van der Waals surface area contributed by atoms with Crippen LogP contribution in [0.1, 0.15) is 0 Å². The predicted octanol–water partition coefficient (Wildman–Crippen LogP) is 10.1. The van der Waals surface area contributed by atoms with Crippen molar-refractivity contribution >= 4 is 21.9 Å². The van der Waals surface area contributed by atoms with Crippen molar-refractivity contribution in [2.45, 2.75) is 0 Å². The third kappa shape index (κ3) is 4.75. The molecule has 0 aliphatic rings. The minimum absolute atomic E-state index is 0.628. The summed E-state index contributed by atoms with van der Waals surface area (Å²) in [7, 11) is 0. The lowest BCUT2D eigenvalue weighted by atomic mass is 9.98. The van der Waals surface area contributed by atoms with Gasteiger partial charge in [0.15, 0.2) is 11.4 Å². The summed E-state index contributed by atoms with van der Waals surface area (Å²) in [6.07, 6.45) is 0. The van der Waals surface area contributed by atoms with E-state index in [1.54, 1.807) is 0 Å². The molecule has 0 saturated carbocycles. The molecule has 0 unspecified atom stereocenters.